The zero-order valence-electron chi connectivity index (χ0n) is 5.76. The molecule has 54 valence electrons. The van der Waals surface area contributed by atoms with Gasteiger partial charge in [0, 0.05) is 16.9 Å². The van der Waals surface area contributed by atoms with E-state index in [-0.39, 0.29) is 16.9 Å². The second-order valence-electron chi connectivity index (χ2n) is 2.86. The molecule has 0 heterocycles. The minimum absolute atomic E-state index is 0.0521. The van der Waals surface area contributed by atoms with Crippen LogP contribution in [0.25, 0.3) is 0 Å². The van der Waals surface area contributed by atoms with Gasteiger partial charge in [-0.25, -0.2) is 0 Å². The van der Waals surface area contributed by atoms with Crippen LogP contribution < -0.4 is 5.73 Å². The molecule has 0 saturated heterocycles. The minimum Gasteiger partial charge on any atom is -0.330 e. The number of rotatable bonds is 3. The van der Waals surface area contributed by atoms with Gasteiger partial charge in [-0.05, 0) is 0 Å². The molecule has 0 bridgehead atoms. The molecule has 0 fully saturated rings. The van der Waals surface area contributed by atoms with Gasteiger partial charge >= 0.3 is 0 Å². The molecule has 0 amide bonds. The van der Waals surface area contributed by atoms with Gasteiger partial charge in [0.15, 0.2) is 0 Å². The van der Waals surface area contributed by atoms with Crippen LogP contribution >= 0.6 is 0 Å². The third-order valence-electron chi connectivity index (χ3n) is 1.11. The molecule has 9 heavy (non-hydrogen) atoms. The quantitative estimate of drug-likeness (QED) is 0.442. The lowest BCUT2D eigenvalue weighted by Crippen LogP contribution is -2.31. The van der Waals surface area contributed by atoms with Crippen LogP contribution in [0.4, 0.5) is 0 Å². The van der Waals surface area contributed by atoms with Crippen LogP contribution in [0.1, 0.15) is 13.8 Å². The molecule has 0 rings (SSSR count). The van der Waals surface area contributed by atoms with Gasteiger partial charge in [-0.2, -0.15) is 0 Å². The maximum Gasteiger partial charge on any atom is 0.210 e. The van der Waals surface area contributed by atoms with Crippen molar-refractivity contribution >= 4 is 0 Å². The molecule has 0 aromatic heterocycles. The van der Waals surface area contributed by atoms with Gasteiger partial charge in [-0.15, -0.1) is 0 Å². The molecule has 0 atom stereocenters. The molecule has 0 radical (unpaired) electrons. The Balaban J connectivity index is 3.71. The third-order valence-corrected chi connectivity index (χ3v) is 1.11. The Morgan fingerprint density at radius 2 is 2.11 bits per heavy atom. The smallest absolute Gasteiger partial charge is 0.210 e. The molecule has 0 saturated carbocycles. The summed E-state index contributed by atoms with van der Waals surface area (Å²) >= 11 is 0. The van der Waals surface area contributed by atoms with Crippen LogP contribution in [0.3, 0.4) is 0 Å². The molecule has 0 aromatic carbocycles. The van der Waals surface area contributed by atoms with Crippen LogP contribution in [-0.2, 0) is 0 Å². The summed E-state index contributed by atoms with van der Waals surface area (Å²) < 4.78 is 0. The van der Waals surface area contributed by atoms with E-state index in [9.17, 15) is 10.1 Å². The van der Waals surface area contributed by atoms with E-state index in [1.807, 2.05) is 0 Å². The number of hydrogen-bond acceptors (Lipinski definition) is 3. The van der Waals surface area contributed by atoms with Gasteiger partial charge in [0.25, 0.3) is 0 Å². The normalized spacial score (nSPS) is 11.4. The first-order valence-electron chi connectivity index (χ1n) is 2.80. The molecule has 0 aliphatic rings. The number of hydrogen-bond donors (Lipinski definition) is 1. The highest BCUT2D eigenvalue weighted by Gasteiger charge is 2.21. The topological polar surface area (TPSA) is 69.2 Å². The second kappa shape index (κ2) is 2.77. The van der Waals surface area contributed by atoms with Crippen molar-refractivity contribution < 1.29 is 4.92 Å². The Labute approximate surface area is 54.2 Å². The predicted molar refractivity (Wildman–Crippen MR) is 34.7 cm³/mol. The predicted octanol–water partition coefficient (Wildman–Crippen LogP) is 0.248. The highest BCUT2D eigenvalue weighted by atomic mass is 16.6. The highest BCUT2D eigenvalue weighted by molar-refractivity contribution is 4.66. The fourth-order valence-electron chi connectivity index (χ4n) is 0.414. The summed E-state index contributed by atoms with van der Waals surface area (Å²) in [5.41, 5.74) is 4.89. The van der Waals surface area contributed by atoms with Gasteiger partial charge in [0.05, 0.1) is 0 Å². The first kappa shape index (κ1) is 8.36. The van der Waals surface area contributed by atoms with Crippen LogP contribution in [0, 0.1) is 15.5 Å². The van der Waals surface area contributed by atoms with Crippen LogP contribution in [0.2, 0.25) is 0 Å². The summed E-state index contributed by atoms with van der Waals surface area (Å²) in [6.45, 7) is 3.85. The fourth-order valence-corrected chi connectivity index (χ4v) is 0.414. The van der Waals surface area contributed by atoms with Gasteiger partial charge in [0.1, 0.15) is 0 Å². The number of nitrogens with zero attached hydrogens (tertiary/aromatic N) is 1. The second-order valence-corrected chi connectivity index (χ2v) is 2.86. The van der Waals surface area contributed by atoms with Crippen molar-refractivity contribution in [2.24, 2.45) is 11.1 Å². The van der Waals surface area contributed by atoms with Crippen LogP contribution in [-0.4, -0.2) is 18.0 Å². The largest absolute Gasteiger partial charge is 0.330 e. The summed E-state index contributed by atoms with van der Waals surface area (Å²) in [7, 11) is 0. The van der Waals surface area contributed by atoms with Gasteiger partial charge in [-0.3, -0.25) is 10.1 Å². The maximum absolute atomic E-state index is 9.92. The van der Waals surface area contributed by atoms with Crippen molar-refractivity contribution in [2.45, 2.75) is 13.8 Å². The molecule has 4 heteroatoms. The van der Waals surface area contributed by atoms with E-state index in [4.69, 9.17) is 5.73 Å². The summed E-state index contributed by atoms with van der Waals surface area (Å²) in [4.78, 5) is 9.58. The van der Waals surface area contributed by atoms with Crippen molar-refractivity contribution in [3.63, 3.8) is 0 Å². The van der Waals surface area contributed by atoms with Crippen molar-refractivity contribution in [3.8, 4) is 0 Å². The Hall–Kier alpha value is -0.640. The van der Waals surface area contributed by atoms with E-state index < -0.39 is 0 Å². The minimum atomic E-state index is -0.358. The molecular formula is C5H12N2O2. The van der Waals surface area contributed by atoms with E-state index in [1.165, 1.54) is 0 Å². The Morgan fingerprint density at radius 1 is 1.67 bits per heavy atom. The van der Waals surface area contributed by atoms with E-state index in [0.717, 1.165) is 0 Å². The molecule has 0 spiro atoms. The van der Waals surface area contributed by atoms with E-state index in [2.05, 4.69) is 0 Å². The number of nitro groups is 1. The zero-order valence-corrected chi connectivity index (χ0v) is 5.76. The van der Waals surface area contributed by atoms with Gasteiger partial charge in [0.2, 0.25) is 6.54 Å². The standard InChI is InChI=1S/C5H12N2O2/c1-5(2,3-6)4-7(8)9/h3-4,6H2,1-2H3. The molecule has 0 aliphatic heterocycles. The summed E-state index contributed by atoms with van der Waals surface area (Å²) in [5, 5.41) is 9.92. The summed E-state index contributed by atoms with van der Waals surface area (Å²) in [6, 6.07) is 0. The molecule has 2 N–H and O–H groups in total. The van der Waals surface area contributed by atoms with Crippen molar-refractivity contribution in [3.05, 3.63) is 10.1 Å². The molecule has 0 aliphatic carbocycles. The van der Waals surface area contributed by atoms with E-state index >= 15 is 0 Å². The van der Waals surface area contributed by atoms with Crippen LogP contribution in [0.5, 0.6) is 0 Å². The molecular weight excluding hydrogens is 120 g/mol. The molecule has 4 nitrogen and oxygen atoms in total. The van der Waals surface area contributed by atoms with E-state index in [1.54, 1.807) is 13.8 Å². The van der Waals surface area contributed by atoms with Gasteiger partial charge in [-0.1, -0.05) is 13.8 Å². The lowest BCUT2D eigenvalue weighted by molar-refractivity contribution is -0.494. The lowest BCUT2D eigenvalue weighted by atomic mass is 9.94. The monoisotopic (exact) mass is 132 g/mol. The maximum atomic E-state index is 9.92. The van der Waals surface area contributed by atoms with E-state index in [0.29, 0.717) is 6.54 Å². The zero-order chi connectivity index (χ0) is 7.49. The Bertz CT molecular complexity index is 112. The molecule has 0 aromatic rings. The van der Waals surface area contributed by atoms with Gasteiger partial charge < -0.3 is 5.73 Å². The Kier molecular flexibility index (Phi) is 2.58. The van der Waals surface area contributed by atoms with Crippen molar-refractivity contribution in [1.29, 1.82) is 0 Å². The highest BCUT2D eigenvalue weighted by Crippen LogP contribution is 2.11. The average molecular weight is 132 g/mol. The lowest BCUT2D eigenvalue weighted by Gasteiger charge is -2.15. The fraction of sp³-hybridized carbons (Fsp3) is 1.00. The number of nitrogens with two attached hydrogens (primary N) is 1. The molecule has 0 unspecified atom stereocenters. The first-order chi connectivity index (χ1) is 3.98. The van der Waals surface area contributed by atoms with Crippen molar-refractivity contribution in [1.82, 2.24) is 0 Å². The first-order valence-corrected chi connectivity index (χ1v) is 2.80. The third kappa shape index (κ3) is 3.90. The SMILES string of the molecule is CC(C)(CN)C[N+](=O)[O-]. The Morgan fingerprint density at radius 3 is 2.22 bits per heavy atom. The summed E-state index contributed by atoms with van der Waals surface area (Å²) in [6.07, 6.45) is 0. The van der Waals surface area contributed by atoms with Crippen molar-refractivity contribution in [2.75, 3.05) is 13.1 Å². The van der Waals surface area contributed by atoms with Crippen LogP contribution in [0.15, 0.2) is 0 Å². The average Bonchev–Trinajstić information content (AvgIpc) is 1.63. The summed E-state index contributed by atoms with van der Waals surface area (Å²) in [5.74, 6) is 0.